The number of amides is 1. The van der Waals surface area contributed by atoms with Crippen molar-refractivity contribution < 1.29 is 4.79 Å². The minimum Gasteiger partial charge on any atom is -0.272 e. The van der Waals surface area contributed by atoms with E-state index in [9.17, 15) is 4.79 Å². The Morgan fingerprint density at radius 1 is 1.12 bits per heavy atom. The van der Waals surface area contributed by atoms with Crippen molar-refractivity contribution in [2.75, 3.05) is 0 Å². The Balaban J connectivity index is 1.70. The number of carbonyl (C=O) groups excluding carboxylic acids is 1. The number of H-pyrrole nitrogens is 1. The van der Waals surface area contributed by atoms with E-state index in [0.717, 1.165) is 21.3 Å². The molecule has 0 unspecified atom stereocenters. The number of hydrogen-bond donors (Lipinski definition) is 2. The average molecular weight is 397 g/mol. The summed E-state index contributed by atoms with van der Waals surface area (Å²) in [6, 6.07) is 17.4. The smallest absolute Gasteiger partial charge is 0.272 e. The summed E-state index contributed by atoms with van der Waals surface area (Å²) in [6.07, 6.45) is 0. The van der Waals surface area contributed by atoms with E-state index < -0.39 is 0 Å². The Bertz CT molecular complexity index is 911. The third-order valence-corrected chi connectivity index (χ3v) is 4.29. The minimum absolute atomic E-state index is 0.331. The van der Waals surface area contributed by atoms with Crippen LogP contribution in [0.5, 0.6) is 0 Å². The molecular formula is C19H17BrN4O. The molecule has 0 aliphatic rings. The lowest BCUT2D eigenvalue weighted by Crippen LogP contribution is -2.19. The van der Waals surface area contributed by atoms with Crippen LogP contribution >= 0.6 is 15.9 Å². The largest absolute Gasteiger partial charge is 0.289 e. The molecule has 0 fully saturated rings. The molecule has 25 heavy (non-hydrogen) atoms. The van der Waals surface area contributed by atoms with Gasteiger partial charge in [0.05, 0.1) is 11.4 Å². The van der Waals surface area contributed by atoms with Gasteiger partial charge in [0.25, 0.3) is 5.91 Å². The van der Waals surface area contributed by atoms with Crippen LogP contribution in [0.4, 0.5) is 0 Å². The second kappa shape index (κ2) is 7.44. The Morgan fingerprint density at radius 3 is 2.48 bits per heavy atom. The second-order valence-corrected chi connectivity index (χ2v) is 6.59. The molecule has 2 aromatic carbocycles. The lowest BCUT2D eigenvalue weighted by Gasteiger charge is -2.02. The van der Waals surface area contributed by atoms with Crippen molar-refractivity contribution in [3.63, 3.8) is 0 Å². The third kappa shape index (κ3) is 4.22. The molecule has 126 valence electrons. The van der Waals surface area contributed by atoms with Gasteiger partial charge < -0.3 is 0 Å². The Hall–Kier alpha value is -2.73. The van der Waals surface area contributed by atoms with Gasteiger partial charge in [0.15, 0.2) is 0 Å². The fourth-order valence-corrected chi connectivity index (χ4v) is 2.53. The first kappa shape index (κ1) is 17.1. The van der Waals surface area contributed by atoms with Gasteiger partial charge in [-0.3, -0.25) is 9.89 Å². The van der Waals surface area contributed by atoms with Crippen molar-refractivity contribution in [2.45, 2.75) is 13.8 Å². The van der Waals surface area contributed by atoms with E-state index in [1.165, 1.54) is 5.56 Å². The maximum absolute atomic E-state index is 12.2. The molecular weight excluding hydrogens is 380 g/mol. The number of rotatable bonds is 4. The van der Waals surface area contributed by atoms with Crippen LogP contribution in [0.2, 0.25) is 0 Å². The molecule has 0 atom stereocenters. The summed E-state index contributed by atoms with van der Waals surface area (Å²) in [5, 5.41) is 11.1. The van der Waals surface area contributed by atoms with Gasteiger partial charge in [-0.25, -0.2) is 5.43 Å². The number of nitrogens with one attached hydrogen (secondary N) is 2. The zero-order valence-electron chi connectivity index (χ0n) is 13.9. The quantitative estimate of drug-likeness (QED) is 0.509. The van der Waals surface area contributed by atoms with Crippen LogP contribution in [0, 0.1) is 6.92 Å². The first-order valence-corrected chi connectivity index (χ1v) is 8.55. The van der Waals surface area contributed by atoms with Crippen molar-refractivity contribution in [1.82, 2.24) is 15.6 Å². The number of aromatic nitrogens is 2. The first-order chi connectivity index (χ1) is 12.0. The maximum Gasteiger partial charge on any atom is 0.289 e. The number of nitrogens with zero attached hydrogens (tertiary/aromatic N) is 2. The number of hydrazone groups is 1. The van der Waals surface area contributed by atoms with Crippen LogP contribution < -0.4 is 5.43 Å². The van der Waals surface area contributed by atoms with Gasteiger partial charge in [-0.15, -0.1) is 0 Å². The topological polar surface area (TPSA) is 70.1 Å². The molecule has 1 aromatic heterocycles. The van der Waals surface area contributed by atoms with Crippen molar-refractivity contribution >= 4 is 27.5 Å². The van der Waals surface area contributed by atoms with Crippen LogP contribution in [-0.4, -0.2) is 21.8 Å². The molecule has 0 spiro atoms. The second-order valence-electron chi connectivity index (χ2n) is 5.68. The Morgan fingerprint density at radius 2 is 1.80 bits per heavy atom. The van der Waals surface area contributed by atoms with Crippen LogP contribution in [0.3, 0.4) is 0 Å². The van der Waals surface area contributed by atoms with E-state index in [1.54, 1.807) is 6.07 Å². The van der Waals surface area contributed by atoms with E-state index in [2.05, 4.69) is 36.7 Å². The molecule has 1 amide bonds. The highest BCUT2D eigenvalue weighted by Gasteiger charge is 2.10. The SMILES string of the molecule is C/C(=N\NC(=O)c1cc(-c2ccc(Br)cc2)n[nH]1)c1ccc(C)cc1. The summed E-state index contributed by atoms with van der Waals surface area (Å²) in [5.41, 5.74) is 7.43. The van der Waals surface area contributed by atoms with Crippen molar-refractivity contribution in [2.24, 2.45) is 5.10 Å². The molecule has 0 aliphatic heterocycles. The Kier molecular flexibility index (Phi) is 5.09. The molecule has 5 nitrogen and oxygen atoms in total. The predicted molar refractivity (Wildman–Crippen MR) is 103 cm³/mol. The van der Waals surface area contributed by atoms with Crippen molar-refractivity contribution in [1.29, 1.82) is 0 Å². The van der Waals surface area contributed by atoms with Gasteiger partial charge in [0.1, 0.15) is 5.69 Å². The predicted octanol–water partition coefficient (Wildman–Crippen LogP) is 4.30. The highest BCUT2D eigenvalue weighted by Crippen LogP contribution is 2.20. The summed E-state index contributed by atoms with van der Waals surface area (Å²) in [6.45, 7) is 3.88. The summed E-state index contributed by atoms with van der Waals surface area (Å²) in [4.78, 5) is 12.2. The highest BCUT2D eigenvalue weighted by molar-refractivity contribution is 9.10. The first-order valence-electron chi connectivity index (χ1n) is 7.76. The van der Waals surface area contributed by atoms with Gasteiger partial charge in [0.2, 0.25) is 0 Å². The minimum atomic E-state index is -0.331. The van der Waals surface area contributed by atoms with Gasteiger partial charge in [0, 0.05) is 10.0 Å². The number of aromatic amines is 1. The fraction of sp³-hybridized carbons (Fsp3) is 0.105. The summed E-state index contributed by atoms with van der Waals surface area (Å²) in [5.74, 6) is -0.331. The molecule has 0 bridgehead atoms. The van der Waals surface area contributed by atoms with Crippen LogP contribution in [0.15, 0.2) is 64.2 Å². The number of halogens is 1. The molecule has 2 N–H and O–H groups in total. The summed E-state index contributed by atoms with van der Waals surface area (Å²) >= 11 is 3.40. The standard InChI is InChI=1S/C19H17BrN4O/c1-12-3-5-14(6-4-12)13(2)21-24-19(25)18-11-17(22-23-18)15-7-9-16(20)10-8-15/h3-11H,1-2H3,(H,22,23)(H,24,25)/b21-13+. The molecule has 3 rings (SSSR count). The summed E-state index contributed by atoms with van der Waals surface area (Å²) < 4.78 is 0.991. The number of hydrogen-bond acceptors (Lipinski definition) is 3. The number of benzene rings is 2. The van der Waals surface area contributed by atoms with Crippen molar-refractivity contribution in [3.05, 3.63) is 75.9 Å². The molecule has 0 aliphatic carbocycles. The molecule has 0 saturated heterocycles. The number of aryl methyl sites for hydroxylation is 1. The van der Waals surface area contributed by atoms with E-state index in [-0.39, 0.29) is 5.91 Å². The highest BCUT2D eigenvalue weighted by atomic mass is 79.9. The van der Waals surface area contributed by atoms with Crippen LogP contribution in [0.25, 0.3) is 11.3 Å². The van der Waals surface area contributed by atoms with E-state index in [4.69, 9.17) is 0 Å². The summed E-state index contributed by atoms with van der Waals surface area (Å²) in [7, 11) is 0. The van der Waals surface area contributed by atoms with Crippen LogP contribution in [0.1, 0.15) is 28.5 Å². The fourth-order valence-electron chi connectivity index (χ4n) is 2.26. The van der Waals surface area contributed by atoms with Gasteiger partial charge >= 0.3 is 0 Å². The molecule has 0 saturated carbocycles. The lowest BCUT2D eigenvalue weighted by molar-refractivity contribution is 0.0950. The average Bonchev–Trinajstić information content (AvgIpc) is 3.11. The van der Waals surface area contributed by atoms with E-state index >= 15 is 0 Å². The zero-order valence-corrected chi connectivity index (χ0v) is 15.5. The third-order valence-electron chi connectivity index (χ3n) is 3.76. The lowest BCUT2D eigenvalue weighted by atomic mass is 10.1. The van der Waals surface area contributed by atoms with Gasteiger partial charge in [-0.2, -0.15) is 10.2 Å². The molecule has 6 heteroatoms. The van der Waals surface area contributed by atoms with E-state index in [1.807, 2.05) is 62.4 Å². The monoisotopic (exact) mass is 396 g/mol. The molecule has 3 aromatic rings. The normalized spacial score (nSPS) is 11.4. The van der Waals surface area contributed by atoms with E-state index in [0.29, 0.717) is 11.4 Å². The Labute approximate surface area is 154 Å². The van der Waals surface area contributed by atoms with Crippen molar-refractivity contribution in [3.8, 4) is 11.3 Å². The molecule has 0 radical (unpaired) electrons. The van der Waals surface area contributed by atoms with Gasteiger partial charge in [-0.05, 0) is 37.6 Å². The molecule has 1 heterocycles. The van der Waals surface area contributed by atoms with Crippen LogP contribution in [-0.2, 0) is 0 Å². The maximum atomic E-state index is 12.2. The van der Waals surface area contributed by atoms with Gasteiger partial charge in [-0.1, -0.05) is 57.9 Å². The zero-order chi connectivity index (χ0) is 17.8. The number of carbonyl (C=O) groups is 1.